The van der Waals surface area contributed by atoms with Crippen LogP contribution in [0.4, 0.5) is 18.9 Å². The Hall–Kier alpha value is -7.36. The van der Waals surface area contributed by atoms with Crippen LogP contribution in [0.5, 0.6) is 0 Å². The summed E-state index contributed by atoms with van der Waals surface area (Å²) in [6.07, 6.45) is -4.63. The predicted molar refractivity (Wildman–Crippen MR) is 227 cm³/mol. The molecule has 0 atom stereocenters. The van der Waals surface area contributed by atoms with E-state index in [4.69, 9.17) is 6.57 Å². The van der Waals surface area contributed by atoms with Crippen LogP contribution in [-0.2, 0) is 6.18 Å². The van der Waals surface area contributed by atoms with Crippen molar-refractivity contribution in [1.82, 2.24) is 9.13 Å². The summed E-state index contributed by atoms with van der Waals surface area (Å²) < 4.78 is 49.1. The van der Waals surface area contributed by atoms with Crippen molar-refractivity contribution < 1.29 is 13.2 Å². The van der Waals surface area contributed by atoms with E-state index in [1.807, 2.05) is 102 Å². The second-order valence-electron chi connectivity index (χ2n) is 14.3. The Morgan fingerprint density at radius 3 is 1.54 bits per heavy atom. The van der Waals surface area contributed by atoms with Gasteiger partial charge >= 0.3 is 6.18 Å². The number of aryl methyl sites for hydroxylation is 1. The van der Waals surface area contributed by atoms with Crippen molar-refractivity contribution in [3.8, 4) is 44.8 Å². The maximum absolute atomic E-state index is 15.0. The largest absolute Gasteiger partial charge is 0.417 e. The molecule has 0 aliphatic carbocycles. The lowest BCUT2D eigenvalue weighted by Crippen LogP contribution is -2.10. The van der Waals surface area contributed by atoms with E-state index in [-0.39, 0.29) is 11.3 Å². The Morgan fingerprint density at radius 1 is 0.474 bits per heavy atom. The minimum atomic E-state index is -4.63. The highest BCUT2D eigenvalue weighted by Gasteiger charge is 2.36. The number of fused-ring (bicyclic) bond motifs is 6. The summed E-state index contributed by atoms with van der Waals surface area (Å²) in [7, 11) is 0. The second kappa shape index (κ2) is 13.1. The third-order valence-electron chi connectivity index (χ3n) is 11.1. The van der Waals surface area contributed by atoms with Crippen LogP contribution in [0.3, 0.4) is 0 Å². The molecule has 57 heavy (non-hydrogen) atoms. The topological polar surface area (TPSA) is 14.2 Å². The molecule has 3 nitrogen and oxygen atoms in total. The highest BCUT2D eigenvalue weighted by atomic mass is 19.4. The van der Waals surface area contributed by atoms with Gasteiger partial charge in [-0.3, -0.25) is 0 Å². The molecule has 10 rings (SSSR count). The highest BCUT2D eigenvalue weighted by molar-refractivity contribution is 6.14. The Balaban J connectivity index is 1.34. The number of aromatic nitrogens is 2. The Bertz CT molecular complexity index is 3240. The fraction of sp³-hybridized carbons (Fsp3) is 0.0392. The Morgan fingerprint density at radius 2 is 0.982 bits per heavy atom. The van der Waals surface area contributed by atoms with E-state index < -0.39 is 11.7 Å². The molecule has 0 bridgehead atoms. The van der Waals surface area contributed by atoms with E-state index >= 15 is 13.2 Å². The van der Waals surface area contributed by atoms with Crippen molar-refractivity contribution in [3.63, 3.8) is 0 Å². The molecule has 0 amide bonds. The number of rotatable bonds is 5. The number of hydrogen-bond acceptors (Lipinski definition) is 0. The maximum atomic E-state index is 15.0. The summed E-state index contributed by atoms with van der Waals surface area (Å²) in [6.45, 7) is 10.6. The van der Waals surface area contributed by atoms with E-state index in [1.165, 1.54) is 6.07 Å². The van der Waals surface area contributed by atoms with Gasteiger partial charge in [-0.25, -0.2) is 4.85 Å². The molecular weight excluding hydrogens is 712 g/mol. The Labute approximate surface area is 326 Å². The van der Waals surface area contributed by atoms with Crippen LogP contribution in [-0.4, -0.2) is 9.13 Å². The van der Waals surface area contributed by atoms with Crippen molar-refractivity contribution in [2.24, 2.45) is 0 Å². The van der Waals surface area contributed by atoms with E-state index in [0.29, 0.717) is 22.5 Å². The lowest BCUT2D eigenvalue weighted by Gasteiger charge is -2.23. The molecule has 0 radical (unpaired) electrons. The first kappa shape index (κ1) is 34.2. The second-order valence-corrected chi connectivity index (χ2v) is 14.3. The monoisotopic (exact) mass is 743 g/mol. The third-order valence-corrected chi connectivity index (χ3v) is 11.1. The summed E-state index contributed by atoms with van der Waals surface area (Å²) in [5.74, 6) is 0. The third kappa shape index (κ3) is 5.43. The molecule has 272 valence electrons. The summed E-state index contributed by atoms with van der Waals surface area (Å²) >= 11 is 0. The molecule has 0 aliphatic heterocycles. The van der Waals surface area contributed by atoms with Crippen LogP contribution >= 0.6 is 0 Å². The normalized spacial score (nSPS) is 11.8. The number of benzene rings is 8. The van der Waals surface area contributed by atoms with Crippen molar-refractivity contribution in [3.05, 3.63) is 198 Å². The molecule has 0 saturated heterocycles. The van der Waals surface area contributed by atoms with Crippen LogP contribution < -0.4 is 0 Å². The average Bonchev–Trinajstić information content (AvgIpc) is 3.75. The number of nitrogens with zero attached hydrogens (tertiary/aromatic N) is 3. The quantitative estimate of drug-likeness (QED) is 0.156. The lowest BCUT2D eigenvalue weighted by atomic mass is 9.92. The maximum Gasteiger partial charge on any atom is 0.417 e. The minimum absolute atomic E-state index is 0.0537. The molecule has 0 N–H and O–H groups in total. The predicted octanol–water partition coefficient (Wildman–Crippen LogP) is 14.8. The molecule has 0 spiro atoms. The van der Waals surface area contributed by atoms with Crippen molar-refractivity contribution in [2.75, 3.05) is 0 Å². The van der Waals surface area contributed by atoms with Gasteiger partial charge in [0.2, 0.25) is 5.69 Å². The fourth-order valence-corrected chi connectivity index (χ4v) is 8.62. The molecule has 2 aromatic heterocycles. The zero-order valence-electron chi connectivity index (χ0n) is 30.7. The van der Waals surface area contributed by atoms with Gasteiger partial charge in [-0.1, -0.05) is 127 Å². The molecule has 6 heteroatoms. The van der Waals surface area contributed by atoms with E-state index in [0.717, 1.165) is 71.9 Å². The van der Waals surface area contributed by atoms with Crippen LogP contribution in [0.25, 0.3) is 93.2 Å². The SMILES string of the molecule is [C-]#[N+]c1c(-n2c3ccccc3c3cc(-c4ccccc4)ccc32)ccc(-c2c(C)cccc2C(F)(F)F)c1-n1c2ccccc2c2cc(-c3ccccc3)ccc21. The molecular formula is C51H32F3N3. The van der Waals surface area contributed by atoms with Gasteiger partial charge < -0.3 is 9.13 Å². The number of alkyl halides is 3. The average molecular weight is 744 g/mol. The summed E-state index contributed by atoms with van der Waals surface area (Å²) in [6, 6.07) is 56.7. The van der Waals surface area contributed by atoms with Crippen LogP contribution in [0.1, 0.15) is 11.1 Å². The van der Waals surface area contributed by atoms with Gasteiger partial charge in [-0.15, -0.1) is 0 Å². The first-order valence-electron chi connectivity index (χ1n) is 18.7. The first-order chi connectivity index (χ1) is 27.8. The summed E-state index contributed by atoms with van der Waals surface area (Å²) in [4.78, 5) is 4.27. The van der Waals surface area contributed by atoms with Gasteiger partial charge in [0.25, 0.3) is 0 Å². The number of para-hydroxylation sites is 2. The Kier molecular flexibility index (Phi) is 7.88. The smallest absolute Gasteiger partial charge is 0.319 e. The first-order valence-corrected chi connectivity index (χ1v) is 18.7. The van der Waals surface area contributed by atoms with Gasteiger partial charge in [0.15, 0.2) is 0 Å². The molecule has 8 aromatic carbocycles. The molecule has 0 aliphatic rings. The van der Waals surface area contributed by atoms with E-state index in [1.54, 1.807) is 19.1 Å². The minimum Gasteiger partial charge on any atom is -0.319 e. The van der Waals surface area contributed by atoms with E-state index in [9.17, 15) is 0 Å². The summed E-state index contributed by atoms with van der Waals surface area (Å²) in [5, 5.41) is 3.89. The summed E-state index contributed by atoms with van der Waals surface area (Å²) in [5.41, 5.74) is 8.90. The van der Waals surface area contributed by atoms with Gasteiger partial charge in [-0.2, -0.15) is 13.2 Å². The van der Waals surface area contributed by atoms with Crippen molar-refractivity contribution >= 4 is 49.3 Å². The number of halogens is 3. The van der Waals surface area contributed by atoms with Crippen LogP contribution in [0.2, 0.25) is 0 Å². The van der Waals surface area contributed by atoms with Gasteiger partial charge in [0.1, 0.15) is 0 Å². The molecule has 10 aromatic rings. The highest BCUT2D eigenvalue weighted by Crippen LogP contribution is 2.49. The van der Waals surface area contributed by atoms with Gasteiger partial charge in [-0.05, 0) is 94.4 Å². The fourth-order valence-electron chi connectivity index (χ4n) is 8.62. The van der Waals surface area contributed by atoms with Crippen LogP contribution in [0.15, 0.2) is 176 Å². The molecule has 2 heterocycles. The van der Waals surface area contributed by atoms with Crippen LogP contribution in [0, 0.1) is 13.5 Å². The standard InChI is InChI=1S/C51H32F3N3/c1-32-14-13-21-42(51(52,53)54)48(32)39-26-29-47(56-43-22-11-9-19-37(43)40-30-35(24-27-45(40)56)33-15-5-3-6-16-33)49(55-2)50(39)57-44-23-12-10-20-38(44)41-31-36(25-28-46(41)57)34-17-7-4-8-18-34/h3-31H,1H3. The van der Waals surface area contributed by atoms with Crippen molar-refractivity contribution in [1.29, 1.82) is 0 Å². The number of hydrogen-bond donors (Lipinski definition) is 0. The van der Waals surface area contributed by atoms with E-state index in [2.05, 4.69) is 64.0 Å². The molecule has 0 fully saturated rings. The molecule has 0 saturated carbocycles. The van der Waals surface area contributed by atoms with Gasteiger partial charge in [0.05, 0.1) is 45.6 Å². The zero-order valence-corrected chi connectivity index (χ0v) is 30.7. The van der Waals surface area contributed by atoms with Gasteiger partial charge in [0, 0.05) is 21.5 Å². The van der Waals surface area contributed by atoms with Crippen molar-refractivity contribution in [2.45, 2.75) is 13.1 Å². The zero-order chi connectivity index (χ0) is 38.8. The lowest BCUT2D eigenvalue weighted by molar-refractivity contribution is -0.137. The molecule has 0 unspecified atom stereocenters.